The number of carbonyl (C=O) groups excluding carboxylic acids is 3. The fraction of sp³-hybridized carbons (Fsp3) is 0.261. The normalized spacial score (nSPS) is 23.3. The monoisotopic (exact) mass is 458 g/mol. The van der Waals surface area contributed by atoms with Crippen LogP contribution in [-0.4, -0.2) is 48.8 Å². The third-order valence-electron chi connectivity index (χ3n) is 6.08. The Labute approximate surface area is 190 Å². The summed E-state index contributed by atoms with van der Waals surface area (Å²) in [6, 6.07) is 13.1. The van der Waals surface area contributed by atoms with Crippen molar-refractivity contribution in [3.8, 4) is 0 Å². The predicted octanol–water partition coefficient (Wildman–Crippen LogP) is 3.94. The van der Waals surface area contributed by atoms with Gasteiger partial charge in [0.1, 0.15) is 5.41 Å². The third-order valence-corrected chi connectivity index (χ3v) is 6.58. The Morgan fingerprint density at radius 2 is 1.55 bits per heavy atom. The molecule has 0 aliphatic carbocycles. The summed E-state index contributed by atoms with van der Waals surface area (Å²) in [7, 11) is 4.51. The molecule has 160 valence electrons. The van der Waals surface area contributed by atoms with Gasteiger partial charge >= 0.3 is 5.97 Å². The molecule has 2 unspecified atom stereocenters. The van der Waals surface area contributed by atoms with E-state index in [-0.39, 0.29) is 23.8 Å². The summed E-state index contributed by atoms with van der Waals surface area (Å²) in [5, 5.41) is 1.06. The molecule has 2 aliphatic rings. The quantitative estimate of drug-likeness (QED) is 0.653. The van der Waals surface area contributed by atoms with Crippen LogP contribution in [0.1, 0.15) is 23.6 Å². The van der Waals surface area contributed by atoms with Gasteiger partial charge in [0.15, 0.2) is 0 Å². The fourth-order valence-electron chi connectivity index (χ4n) is 4.72. The molecule has 0 radical (unpaired) electrons. The van der Waals surface area contributed by atoms with Crippen molar-refractivity contribution in [1.29, 1.82) is 0 Å². The van der Waals surface area contributed by atoms with Gasteiger partial charge in [-0.2, -0.15) is 0 Å². The number of carbonyl (C=O) groups is 3. The van der Waals surface area contributed by atoms with Crippen molar-refractivity contribution in [2.24, 2.45) is 5.41 Å². The summed E-state index contributed by atoms with van der Waals surface area (Å²) in [5.41, 5.74) is 0.502. The highest BCUT2D eigenvalue weighted by atomic mass is 35.5. The Kier molecular flexibility index (Phi) is 5.31. The van der Waals surface area contributed by atoms with E-state index < -0.39 is 17.4 Å². The highest BCUT2D eigenvalue weighted by molar-refractivity contribution is 6.31. The number of ether oxygens (including phenoxy) is 1. The lowest BCUT2D eigenvalue weighted by Crippen LogP contribution is -2.41. The molecule has 1 fully saturated rings. The van der Waals surface area contributed by atoms with Gasteiger partial charge in [0, 0.05) is 30.6 Å². The van der Waals surface area contributed by atoms with Crippen molar-refractivity contribution in [1.82, 2.24) is 9.80 Å². The van der Waals surface area contributed by atoms with Gasteiger partial charge < -0.3 is 14.5 Å². The van der Waals surface area contributed by atoms with Crippen LogP contribution in [0.2, 0.25) is 10.0 Å². The molecule has 6 nitrogen and oxygen atoms in total. The number of hydrogen-bond donors (Lipinski definition) is 0. The highest BCUT2D eigenvalue weighted by Crippen LogP contribution is 2.58. The Morgan fingerprint density at radius 3 is 2.10 bits per heavy atom. The molecule has 2 aliphatic heterocycles. The van der Waals surface area contributed by atoms with E-state index in [2.05, 4.69) is 0 Å². The molecule has 2 amide bonds. The Bertz CT molecular complexity index is 1110. The molecule has 2 aromatic carbocycles. The van der Waals surface area contributed by atoms with Gasteiger partial charge in [-0.1, -0.05) is 47.5 Å². The Balaban J connectivity index is 2.02. The minimum Gasteiger partial charge on any atom is -0.466 e. The molecule has 1 saturated heterocycles. The average Bonchev–Trinajstić information content (AvgIpc) is 3.14. The summed E-state index contributed by atoms with van der Waals surface area (Å²) in [4.78, 5) is 42.8. The van der Waals surface area contributed by atoms with E-state index in [1.54, 1.807) is 62.6 Å². The summed E-state index contributed by atoms with van der Waals surface area (Å²) in [6.45, 7) is 0. The van der Waals surface area contributed by atoms with E-state index in [4.69, 9.17) is 27.9 Å². The molecule has 8 heteroatoms. The van der Waals surface area contributed by atoms with Crippen LogP contribution in [0.4, 0.5) is 0 Å². The summed E-state index contributed by atoms with van der Waals surface area (Å²) in [6.07, 6.45) is -0.137. The number of methoxy groups -OCH3 is 1. The number of rotatable bonds is 3. The van der Waals surface area contributed by atoms with E-state index in [0.29, 0.717) is 26.9 Å². The van der Waals surface area contributed by atoms with Gasteiger partial charge in [-0.15, -0.1) is 0 Å². The lowest BCUT2D eigenvalue weighted by molar-refractivity contribution is -0.142. The maximum Gasteiger partial charge on any atom is 0.337 e. The van der Waals surface area contributed by atoms with Gasteiger partial charge in [-0.25, -0.2) is 4.79 Å². The minimum absolute atomic E-state index is 0.137. The molecular weight excluding hydrogens is 439 g/mol. The first kappa shape index (κ1) is 21.4. The van der Waals surface area contributed by atoms with E-state index in [1.165, 1.54) is 16.9 Å². The summed E-state index contributed by atoms with van der Waals surface area (Å²) < 4.78 is 5.11. The van der Waals surface area contributed by atoms with Crippen LogP contribution in [0.25, 0.3) is 5.70 Å². The molecule has 0 N–H and O–H groups in total. The van der Waals surface area contributed by atoms with Crippen molar-refractivity contribution in [2.45, 2.75) is 12.5 Å². The second kappa shape index (κ2) is 7.70. The van der Waals surface area contributed by atoms with Gasteiger partial charge in [-0.3, -0.25) is 9.59 Å². The number of halogens is 2. The number of nitrogens with zero attached hydrogens (tertiary/aromatic N) is 2. The standard InChI is InChI=1S/C23H20Cl2N2O4/c1-26-17(28)12-23(20(26)14-6-10-16(25)11-7-14)18(21(29)31-3)19(27(2)22(23)30)13-4-8-15(24)9-5-13/h4-11,20H,12H2,1-3H3. The van der Waals surface area contributed by atoms with Crippen LogP contribution in [0.15, 0.2) is 54.1 Å². The minimum atomic E-state index is -1.42. The van der Waals surface area contributed by atoms with Crippen molar-refractivity contribution in [2.75, 3.05) is 21.2 Å². The maximum absolute atomic E-state index is 13.8. The van der Waals surface area contributed by atoms with E-state index in [9.17, 15) is 14.4 Å². The first-order valence-corrected chi connectivity index (χ1v) is 10.4. The van der Waals surface area contributed by atoms with Crippen LogP contribution in [0.3, 0.4) is 0 Å². The first-order chi connectivity index (χ1) is 14.7. The number of hydrogen-bond acceptors (Lipinski definition) is 4. The summed E-state index contributed by atoms with van der Waals surface area (Å²) >= 11 is 12.1. The van der Waals surface area contributed by atoms with E-state index in [1.807, 2.05) is 0 Å². The van der Waals surface area contributed by atoms with Gasteiger partial charge in [0.25, 0.3) is 0 Å². The molecule has 0 bridgehead atoms. The number of amides is 2. The topological polar surface area (TPSA) is 66.9 Å². The predicted molar refractivity (Wildman–Crippen MR) is 117 cm³/mol. The number of benzene rings is 2. The van der Waals surface area contributed by atoms with Gasteiger partial charge in [-0.05, 0) is 35.4 Å². The van der Waals surface area contributed by atoms with Crippen LogP contribution in [-0.2, 0) is 19.1 Å². The maximum atomic E-state index is 13.8. The van der Waals surface area contributed by atoms with Crippen LogP contribution in [0.5, 0.6) is 0 Å². The molecule has 2 atom stereocenters. The highest BCUT2D eigenvalue weighted by Gasteiger charge is 2.65. The van der Waals surface area contributed by atoms with Gasteiger partial charge in [0.05, 0.1) is 24.4 Å². The van der Waals surface area contributed by atoms with Crippen LogP contribution < -0.4 is 0 Å². The van der Waals surface area contributed by atoms with E-state index >= 15 is 0 Å². The lowest BCUT2D eigenvalue weighted by Gasteiger charge is -2.33. The molecule has 0 saturated carbocycles. The zero-order valence-corrected chi connectivity index (χ0v) is 18.7. The molecule has 31 heavy (non-hydrogen) atoms. The van der Waals surface area contributed by atoms with Crippen molar-refractivity contribution in [3.05, 3.63) is 75.3 Å². The van der Waals surface area contributed by atoms with Crippen LogP contribution in [0, 0.1) is 5.41 Å². The average molecular weight is 459 g/mol. The van der Waals surface area contributed by atoms with Crippen molar-refractivity contribution >= 4 is 46.7 Å². The molecule has 0 aromatic heterocycles. The Morgan fingerprint density at radius 1 is 1.00 bits per heavy atom. The molecule has 2 aromatic rings. The zero-order valence-electron chi connectivity index (χ0n) is 17.2. The summed E-state index contributed by atoms with van der Waals surface area (Å²) in [5.74, 6) is -1.22. The fourth-order valence-corrected chi connectivity index (χ4v) is 4.97. The first-order valence-electron chi connectivity index (χ1n) is 9.60. The zero-order chi connectivity index (χ0) is 22.5. The number of likely N-dealkylation sites (tertiary alicyclic amines) is 1. The lowest BCUT2D eigenvalue weighted by atomic mass is 9.71. The Hall–Kier alpha value is -2.83. The molecule has 4 rings (SSSR count). The number of esters is 1. The smallest absolute Gasteiger partial charge is 0.337 e. The second-order valence-corrected chi connectivity index (χ2v) is 8.57. The van der Waals surface area contributed by atoms with Crippen molar-refractivity contribution in [3.63, 3.8) is 0 Å². The van der Waals surface area contributed by atoms with Crippen LogP contribution >= 0.6 is 23.2 Å². The molecular formula is C23H20Cl2N2O4. The molecule has 2 heterocycles. The largest absolute Gasteiger partial charge is 0.466 e. The SMILES string of the molecule is COC(=O)C1=C(c2ccc(Cl)cc2)N(C)C(=O)C12CC(=O)N(C)C2c1ccc(Cl)cc1. The molecule has 1 spiro atoms. The third kappa shape index (κ3) is 3.13. The van der Waals surface area contributed by atoms with Crippen molar-refractivity contribution < 1.29 is 19.1 Å². The van der Waals surface area contributed by atoms with E-state index in [0.717, 1.165) is 0 Å². The van der Waals surface area contributed by atoms with Gasteiger partial charge in [0.2, 0.25) is 11.8 Å². The second-order valence-electron chi connectivity index (χ2n) is 7.69.